The highest BCUT2D eigenvalue weighted by Crippen LogP contribution is 2.13. The van der Waals surface area contributed by atoms with Crippen LogP contribution in [-0.2, 0) is 14.3 Å². The molecule has 0 aromatic carbocycles. The van der Waals surface area contributed by atoms with Gasteiger partial charge in [0.25, 0.3) is 0 Å². The first kappa shape index (κ1) is 14.8. The second-order valence-corrected chi connectivity index (χ2v) is 4.55. The van der Waals surface area contributed by atoms with Gasteiger partial charge in [-0.2, -0.15) is 4.99 Å². The molecule has 0 fully saturated rings. The predicted molar refractivity (Wildman–Crippen MR) is 60.7 cm³/mol. The number of unbranched alkanes of at least 4 members (excludes halogenated alkanes) is 1. The van der Waals surface area contributed by atoms with Crippen LogP contribution in [0.25, 0.3) is 0 Å². The fourth-order valence-electron chi connectivity index (χ4n) is 1.15. The van der Waals surface area contributed by atoms with Crippen molar-refractivity contribution in [2.45, 2.75) is 51.7 Å². The molecule has 0 rings (SSSR count). The smallest absolute Gasteiger partial charge is 0.332 e. The van der Waals surface area contributed by atoms with E-state index < -0.39 is 17.6 Å². The van der Waals surface area contributed by atoms with Crippen LogP contribution in [0.5, 0.6) is 0 Å². The first-order valence-electron chi connectivity index (χ1n) is 5.40. The van der Waals surface area contributed by atoms with Gasteiger partial charge in [-0.3, -0.25) is 0 Å². The van der Waals surface area contributed by atoms with Crippen LogP contribution >= 0.6 is 0 Å². The summed E-state index contributed by atoms with van der Waals surface area (Å²) in [5.41, 5.74) is 4.77. The number of aliphatic imine (C=N–C) groups is 1. The lowest BCUT2D eigenvalue weighted by Crippen LogP contribution is -2.31. The van der Waals surface area contributed by atoms with Crippen molar-refractivity contribution in [1.29, 1.82) is 0 Å². The average Bonchev–Trinajstić information content (AvgIpc) is 2.14. The summed E-state index contributed by atoms with van der Waals surface area (Å²) in [4.78, 5) is 25.3. The van der Waals surface area contributed by atoms with Gasteiger partial charge in [0.2, 0.25) is 6.08 Å². The van der Waals surface area contributed by atoms with Crippen LogP contribution in [0.3, 0.4) is 0 Å². The first-order valence-corrected chi connectivity index (χ1v) is 5.40. The molecule has 0 aliphatic carbocycles. The van der Waals surface area contributed by atoms with Crippen LogP contribution in [0, 0.1) is 0 Å². The van der Waals surface area contributed by atoms with Crippen LogP contribution < -0.4 is 5.73 Å². The monoisotopic (exact) mass is 228 g/mol. The van der Waals surface area contributed by atoms with Crippen molar-refractivity contribution < 1.29 is 14.3 Å². The molecular formula is C11H20N2O3. The molecule has 0 bridgehead atoms. The Morgan fingerprint density at radius 3 is 2.50 bits per heavy atom. The average molecular weight is 228 g/mol. The fourth-order valence-corrected chi connectivity index (χ4v) is 1.15. The number of rotatable bonds is 6. The molecule has 0 amide bonds. The predicted octanol–water partition coefficient (Wildman–Crippen LogP) is 1.16. The van der Waals surface area contributed by atoms with Gasteiger partial charge in [0, 0.05) is 0 Å². The summed E-state index contributed by atoms with van der Waals surface area (Å²) < 4.78 is 5.14. The normalized spacial score (nSPS) is 12.8. The summed E-state index contributed by atoms with van der Waals surface area (Å²) in [5, 5.41) is 0. The summed E-state index contributed by atoms with van der Waals surface area (Å²) in [5.74, 6) is -0.479. The molecule has 0 aromatic rings. The molecular weight excluding hydrogens is 208 g/mol. The number of ether oxygens (including phenoxy) is 1. The van der Waals surface area contributed by atoms with Crippen molar-refractivity contribution in [2.75, 3.05) is 6.54 Å². The Bertz CT molecular complexity index is 265. The summed E-state index contributed by atoms with van der Waals surface area (Å²) in [7, 11) is 0. The number of nitrogens with zero attached hydrogens (tertiary/aromatic N) is 1. The van der Waals surface area contributed by atoms with Gasteiger partial charge in [0.1, 0.15) is 5.60 Å². The van der Waals surface area contributed by atoms with Crippen LogP contribution in [0.15, 0.2) is 4.99 Å². The zero-order valence-electron chi connectivity index (χ0n) is 10.2. The molecule has 0 aromatic heterocycles. The first-order chi connectivity index (χ1) is 7.40. The Labute approximate surface area is 96.1 Å². The second-order valence-electron chi connectivity index (χ2n) is 4.55. The van der Waals surface area contributed by atoms with Crippen molar-refractivity contribution in [3.63, 3.8) is 0 Å². The lowest BCUT2D eigenvalue weighted by molar-refractivity contribution is -0.156. The molecule has 0 aliphatic heterocycles. The lowest BCUT2D eigenvalue weighted by atomic mass is 10.1. The minimum Gasteiger partial charge on any atom is -0.458 e. The summed E-state index contributed by atoms with van der Waals surface area (Å²) >= 11 is 0. The molecule has 16 heavy (non-hydrogen) atoms. The van der Waals surface area contributed by atoms with Crippen molar-refractivity contribution in [2.24, 2.45) is 10.7 Å². The van der Waals surface area contributed by atoms with E-state index in [4.69, 9.17) is 10.5 Å². The van der Waals surface area contributed by atoms with E-state index in [0.717, 1.165) is 12.8 Å². The van der Waals surface area contributed by atoms with Crippen LogP contribution in [0.4, 0.5) is 0 Å². The molecule has 5 heteroatoms. The van der Waals surface area contributed by atoms with E-state index in [1.54, 1.807) is 20.8 Å². The Morgan fingerprint density at radius 1 is 1.44 bits per heavy atom. The summed E-state index contributed by atoms with van der Waals surface area (Å²) in [6.45, 7) is 5.87. The molecule has 2 N–H and O–H groups in total. The number of carbonyl (C=O) groups excluding carboxylic acids is 2. The van der Waals surface area contributed by atoms with Gasteiger partial charge >= 0.3 is 5.97 Å². The topological polar surface area (TPSA) is 81.8 Å². The van der Waals surface area contributed by atoms with Gasteiger partial charge in [-0.15, -0.1) is 0 Å². The quantitative estimate of drug-likeness (QED) is 0.320. The van der Waals surface area contributed by atoms with Crippen LogP contribution in [0.2, 0.25) is 0 Å². The third-order valence-corrected chi connectivity index (χ3v) is 1.82. The Hall–Kier alpha value is -1.19. The van der Waals surface area contributed by atoms with Crippen molar-refractivity contribution in [1.82, 2.24) is 0 Å². The molecule has 0 saturated heterocycles. The van der Waals surface area contributed by atoms with E-state index in [0.29, 0.717) is 13.0 Å². The highest BCUT2D eigenvalue weighted by Gasteiger charge is 2.24. The van der Waals surface area contributed by atoms with E-state index >= 15 is 0 Å². The molecule has 0 aliphatic rings. The summed E-state index contributed by atoms with van der Waals surface area (Å²) in [6.07, 6.45) is 3.42. The molecule has 0 saturated carbocycles. The number of hydrogen-bond donors (Lipinski definition) is 1. The second kappa shape index (κ2) is 7.14. The van der Waals surface area contributed by atoms with E-state index in [-0.39, 0.29) is 0 Å². The van der Waals surface area contributed by atoms with Gasteiger partial charge in [0.05, 0.1) is 0 Å². The van der Waals surface area contributed by atoms with Gasteiger partial charge < -0.3 is 10.5 Å². The number of esters is 1. The Balaban J connectivity index is 4.30. The van der Waals surface area contributed by atoms with Crippen molar-refractivity contribution >= 4 is 12.0 Å². The molecule has 0 spiro atoms. The molecule has 0 heterocycles. The highest BCUT2D eigenvalue weighted by atomic mass is 16.6. The van der Waals surface area contributed by atoms with Gasteiger partial charge in [-0.25, -0.2) is 9.59 Å². The maximum absolute atomic E-state index is 11.6. The van der Waals surface area contributed by atoms with Crippen molar-refractivity contribution in [3.05, 3.63) is 0 Å². The van der Waals surface area contributed by atoms with E-state index in [1.807, 2.05) is 0 Å². The zero-order valence-corrected chi connectivity index (χ0v) is 10.2. The highest BCUT2D eigenvalue weighted by molar-refractivity contribution is 5.77. The third-order valence-electron chi connectivity index (χ3n) is 1.82. The number of carbonyl (C=O) groups is 1. The molecule has 1 atom stereocenters. The molecule has 0 radical (unpaired) electrons. The minimum atomic E-state index is -0.747. The van der Waals surface area contributed by atoms with Crippen molar-refractivity contribution in [3.8, 4) is 0 Å². The van der Waals surface area contributed by atoms with Gasteiger partial charge in [-0.1, -0.05) is 0 Å². The summed E-state index contributed by atoms with van der Waals surface area (Å²) in [6, 6.07) is -0.747. The standard InChI is InChI=1S/C11H20N2O3/c1-11(2,3)16-10(15)9(13-8-14)6-4-5-7-12/h9H,4-7,12H2,1-3H3/t9-/m0/s1. The fraction of sp³-hybridized carbons (Fsp3) is 0.818. The number of nitrogens with two attached hydrogens (primary N) is 1. The maximum atomic E-state index is 11.6. The lowest BCUT2D eigenvalue weighted by Gasteiger charge is -2.21. The maximum Gasteiger partial charge on any atom is 0.332 e. The van der Waals surface area contributed by atoms with Crippen LogP contribution in [-0.4, -0.2) is 30.2 Å². The van der Waals surface area contributed by atoms with Gasteiger partial charge in [0.15, 0.2) is 6.04 Å². The SMILES string of the molecule is CC(C)(C)OC(=O)[C@H](CCCCN)N=C=O. The minimum absolute atomic E-state index is 0.474. The zero-order chi connectivity index (χ0) is 12.6. The molecule has 92 valence electrons. The Kier molecular flexibility index (Phi) is 6.61. The van der Waals surface area contributed by atoms with E-state index in [2.05, 4.69) is 4.99 Å². The molecule has 0 unspecified atom stereocenters. The van der Waals surface area contributed by atoms with E-state index in [9.17, 15) is 9.59 Å². The van der Waals surface area contributed by atoms with E-state index in [1.165, 1.54) is 6.08 Å². The Morgan fingerprint density at radius 2 is 2.06 bits per heavy atom. The number of hydrogen-bond acceptors (Lipinski definition) is 5. The van der Waals surface area contributed by atoms with Crippen LogP contribution in [0.1, 0.15) is 40.0 Å². The number of isocyanates is 1. The third kappa shape index (κ3) is 7.15. The molecule has 5 nitrogen and oxygen atoms in total. The van der Waals surface area contributed by atoms with Gasteiger partial charge in [-0.05, 0) is 46.6 Å². The largest absolute Gasteiger partial charge is 0.458 e.